The molecular weight excluding hydrogens is 258 g/mol. The van der Waals surface area contributed by atoms with Gasteiger partial charge in [-0.15, -0.1) is 11.3 Å². The number of anilines is 2. The lowest BCUT2D eigenvalue weighted by atomic mass is 10.1. The van der Waals surface area contributed by atoms with Crippen molar-refractivity contribution in [3.8, 4) is 0 Å². The molecule has 4 N–H and O–H groups in total. The number of nitrogen functional groups attached to an aromatic ring is 1. The van der Waals surface area contributed by atoms with Crippen molar-refractivity contribution >= 4 is 27.9 Å². The van der Waals surface area contributed by atoms with Gasteiger partial charge in [-0.3, -0.25) is 4.79 Å². The standard InChI is InChI=1S/C14H21N3OS/c1-4-16-13(18)12-11(15)10(9-5-6-9)14(19-12)17-7-8(2)3/h9,17H,2,4-7,15H2,1,3H3,(H,16,18). The van der Waals surface area contributed by atoms with Crippen LogP contribution < -0.4 is 16.4 Å². The first kappa shape index (κ1) is 13.9. The molecule has 0 radical (unpaired) electrons. The van der Waals surface area contributed by atoms with Gasteiger partial charge in [0.2, 0.25) is 0 Å². The number of carbonyl (C=O) groups excluding carboxylic acids is 1. The molecule has 0 aliphatic heterocycles. The van der Waals surface area contributed by atoms with E-state index in [-0.39, 0.29) is 5.91 Å². The third-order valence-electron chi connectivity index (χ3n) is 3.06. The van der Waals surface area contributed by atoms with Crippen molar-refractivity contribution in [1.82, 2.24) is 5.32 Å². The minimum Gasteiger partial charge on any atom is -0.397 e. The van der Waals surface area contributed by atoms with Gasteiger partial charge >= 0.3 is 0 Å². The van der Waals surface area contributed by atoms with Gasteiger partial charge in [-0.05, 0) is 32.6 Å². The molecule has 1 heterocycles. The lowest BCUT2D eigenvalue weighted by Gasteiger charge is -2.06. The molecule has 1 saturated carbocycles. The Morgan fingerprint density at radius 2 is 2.21 bits per heavy atom. The quantitative estimate of drug-likeness (QED) is 0.701. The first-order valence-electron chi connectivity index (χ1n) is 6.63. The first-order chi connectivity index (χ1) is 9.04. The van der Waals surface area contributed by atoms with Crippen molar-refractivity contribution in [3.05, 3.63) is 22.6 Å². The van der Waals surface area contributed by atoms with Crippen molar-refractivity contribution in [2.24, 2.45) is 0 Å². The number of hydrogen-bond donors (Lipinski definition) is 3. The molecule has 1 aromatic heterocycles. The monoisotopic (exact) mass is 279 g/mol. The fraction of sp³-hybridized carbons (Fsp3) is 0.500. The van der Waals surface area contributed by atoms with Gasteiger partial charge in [-0.1, -0.05) is 12.2 Å². The van der Waals surface area contributed by atoms with Crippen LogP contribution in [0.5, 0.6) is 0 Å². The molecule has 0 aromatic carbocycles. The molecule has 4 nitrogen and oxygen atoms in total. The molecule has 0 unspecified atom stereocenters. The zero-order valence-electron chi connectivity index (χ0n) is 11.5. The summed E-state index contributed by atoms with van der Waals surface area (Å²) in [5, 5.41) is 7.20. The summed E-state index contributed by atoms with van der Waals surface area (Å²) in [7, 11) is 0. The topological polar surface area (TPSA) is 67.2 Å². The number of carbonyl (C=O) groups is 1. The minimum atomic E-state index is -0.0738. The van der Waals surface area contributed by atoms with E-state index < -0.39 is 0 Å². The second kappa shape index (κ2) is 5.65. The predicted molar refractivity (Wildman–Crippen MR) is 82.0 cm³/mol. The Balaban J connectivity index is 2.28. The van der Waals surface area contributed by atoms with Gasteiger partial charge in [0.05, 0.1) is 10.7 Å². The van der Waals surface area contributed by atoms with E-state index in [0.717, 1.165) is 29.0 Å². The van der Waals surface area contributed by atoms with E-state index in [1.54, 1.807) is 0 Å². The van der Waals surface area contributed by atoms with Crippen LogP contribution in [0.1, 0.15) is 47.8 Å². The lowest BCUT2D eigenvalue weighted by molar-refractivity contribution is 0.0960. The van der Waals surface area contributed by atoms with Gasteiger partial charge in [0, 0.05) is 18.7 Å². The second-order valence-electron chi connectivity index (χ2n) is 5.03. The van der Waals surface area contributed by atoms with Crippen LogP contribution in [0.2, 0.25) is 0 Å². The summed E-state index contributed by atoms with van der Waals surface area (Å²) in [4.78, 5) is 12.6. The number of nitrogens with two attached hydrogens (primary N) is 1. The van der Waals surface area contributed by atoms with Crippen molar-refractivity contribution in [1.29, 1.82) is 0 Å². The zero-order valence-corrected chi connectivity index (χ0v) is 12.3. The average molecular weight is 279 g/mol. The summed E-state index contributed by atoms with van der Waals surface area (Å²) in [5.74, 6) is 0.447. The van der Waals surface area contributed by atoms with Crippen LogP contribution >= 0.6 is 11.3 Å². The van der Waals surface area contributed by atoms with Gasteiger partial charge in [-0.25, -0.2) is 0 Å². The van der Waals surface area contributed by atoms with Crippen LogP contribution in [-0.2, 0) is 0 Å². The highest BCUT2D eigenvalue weighted by Gasteiger charge is 2.32. The Morgan fingerprint density at radius 3 is 2.74 bits per heavy atom. The Kier molecular flexibility index (Phi) is 4.14. The number of thiophene rings is 1. The van der Waals surface area contributed by atoms with Gasteiger partial charge in [-0.2, -0.15) is 0 Å². The molecule has 0 spiro atoms. The lowest BCUT2D eigenvalue weighted by Crippen LogP contribution is -2.22. The third kappa shape index (κ3) is 3.10. The molecule has 0 atom stereocenters. The van der Waals surface area contributed by atoms with Crippen LogP contribution in [0.4, 0.5) is 10.7 Å². The van der Waals surface area contributed by atoms with Crippen LogP contribution in [0.15, 0.2) is 12.2 Å². The summed E-state index contributed by atoms with van der Waals surface area (Å²) >= 11 is 1.46. The van der Waals surface area contributed by atoms with E-state index in [1.807, 2.05) is 13.8 Å². The largest absolute Gasteiger partial charge is 0.397 e. The number of nitrogens with one attached hydrogen (secondary N) is 2. The highest BCUT2D eigenvalue weighted by atomic mass is 32.1. The smallest absolute Gasteiger partial charge is 0.263 e. The van der Waals surface area contributed by atoms with Crippen molar-refractivity contribution in [2.45, 2.75) is 32.6 Å². The van der Waals surface area contributed by atoms with Crippen LogP contribution in [0.25, 0.3) is 0 Å². The Morgan fingerprint density at radius 1 is 1.53 bits per heavy atom. The number of amides is 1. The molecule has 1 aliphatic carbocycles. The highest BCUT2D eigenvalue weighted by molar-refractivity contribution is 7.18. The maximum Gasteiger partial charge on any atom is 0.263 e. The maximum absolute atomic E-state index is 12.0. The Hall–Kier alpha value is -1.49. The van der Waals surface area contributed by atoms with Crippen molar-refractivity contribution in [2.75, 3.05) is 24.1 Å². The van der Waals surface area contributed by atoms with Crippen molar-refractivity contribution < 1.29 is 4.79 Å². The van der Waals surface area contributed by atoms with E-state index in [4.69, 9.17) is 5.73 Å². The second-order valence-corrected chi connectivity index (χ2v) is 6.05. The molecule has 2 rings (SSSR count). The molecule has 0 bridgehead atoms. The highest BCUT2D eigenvalue weighted by Crippen LogP contribution is 2.50. The molecule has 19 heavy (non-hydrogen) atoms. The molecule has 1 aliphatic rings. The third-order valence-corrected chi connectivity index (χ3v) is 4.24. The van der Waals surface area contributed by atoms with Crippen LogP contribution in [0, 0.1) is 0 Å². The fourth-order valence-corrected chi connectivity index (χ4v) is 3.13. The van der Waals surface area contributed by atoms with E-state index in [0.29, 0.717) is 29.6 Å². The van der Waals surface area contributed by atoms with E-state index in [9.17, 15) is 4.79 Å². The molecular formula is C14H21N3OS. The molecule has 104 valence electrons. The SMILES string of the molecule is C=C(C)CNc1sc(C(=O)NCC)c(N)c1C1CC1. The van der Waals surface area contributed by atoms with E-state index in [1.165, 1.54) is 11.3 Å². The van der Waals surface area contributed by atoms with Crippen LogP contribution in [-0.4, -0.2) is 19.0 Å². The zero-order chi connectivity index (χ0) is 14.0. The van der Waals surface area contributed by atoms with Gasteiger partial charge in [0.25, 0.3) is 5.91 Å². The fourth-order valence-electron chi connectivity index (χ4n) is 2.01. The Bertz CT molecular complexity index is 503. The Labute approximate surface area is 118 Å². The van der Waals surface area contributed by atoms with E-state index in [2.05, 4.69) is 17.2 Å². The van der Waals surface area contributed by atoms with Crippen LogP contribution in [0.3, 0.4) is 0 Å². The summed E-state index contributed by atoms with van der Waals surface area (Å²) in [6, 6.07) is 0. The van der Waals surface area contributed by atoms with Crippen molar-refractivity contribution in [3.63, 3.8) is 0 Å². The number of hydrogen-bond acceptors (Lipinski definition) is 4. The first-order valence-corrected chi connectivity index (χ1v) is 7.44. The van der Waals surface area contributed by atoms with E-state index >= 15 is 0 Å². The average Bonchev–Trinajstić information content (AvgIpc) is 3.11. The normalized spacial score (nSPS) is 14.2. The summed E-state index contributed by atoms with van der Waals surface area (Å²) in [6.45, 7) is 9.10. The van der Waals surface area contributed by atoms with Gasteiger partial charge in [0.15, 0.2) is 0 Å². The molecule has 1 aromatic rings. The molecule has 1 fully saturated rings. The molecule has 5 heteroatoms. The predicted octanol–water partition coefficient (Wildman–Crippen LogP) is 2.95. The maximum atomic E-state index is 12.0. The van der Waals surface area contributed by atoms with Gasteiger partial charge < -0.3 is 16.4 Å². The molecule has 0 saturated heterocycles. The molecule has 1 amide bonds. The summed E-state index contributed by atoms with van der Waals surface area (Å²) in [5.41, 5.74) is 9.02. The summed E-state index contributed by atoms with van der Waals surface area (Å²) in [6.07, 6.45) is 2.33. The minimum absolute atomic E-state index is 0.0738. The van der Waals surface area contributed by atoms with Gasteiger partial charge in [0.1, 0.15) is 4.88 Å². The summed E-state index contributed by atoms with van der Waals surface area (Å²) < 4.78 is 0. The number of rotatable bonds is 6.